The zero-order valence-corrected chi connectivity index (χ0v) is 13.8. The summed E-state index contributed by atoms with van der Waals surface area (Å²) in [7, 11) is 5.83. The second-order valence-electron chi connectivity index (χ2n) is 5.21. The quantitative estimate of drug-likeness (QED) is 0.611. The monoisotopic (exact) mass is 320 g/mol. The van der Waals surface area contributed by atoms with Gasteiger partial charge in [-0.15, -0.1) is 0 Å². The van der Waals surface area contributed by atoms with E-state index in [1.807, 2.05) is 0 Å². The number of ether oxygens (including phenoxy) is 4. The van der Waals surface area contributed by atoms with Gasteiger partial charge in [0.05, 0.1) is 28.4 Å². The number of benzene rings is 1. The Bertz CT molecular complexity index is 636. The van der Waals surface area contributed by atoms with Gasteiger partial charge in [0.2, 0.25) is 0 Å². The molecule has 0 N–H and O–H groups in total. The fourth-order valence-electron chi connectivity index (χ4n) is 2.94. The van der Waals surface area contributed by atoms with E-state index in [2.05, 4.69) is 0 Å². The normalized spacial score (nSPS) is 20.0. The molecule has 1 aliphatic rings. The van der Waals surface area contributed by atoms with Crippen molar-refractivity contribution in [2.45, 2.75) is 12.8 Å². The number of rotatable bonds is 5. The summed E-state index contributed by atoms with van der Waals surface area (Å²) in [6.07, 6.45) is 1.47. The molecule has 6 heteroatoms. The van der Waals surface area contributed by atoms with Crippen molar-refractivity contribution in [1.29, 1.82) is 0 Å². The molecule has 1 aromatic rings. The van der Waals surface area contributed by atoms with Gasteiger partial charge in [0.15, 0.2) is 5.78 Å². The fraction of sp³-hybridized carbons (Fsp3) is 0.412. The smallest absolute Gasteiger partial charge is 0.317 e. The Labute approximate surface area is 135 Å². The summed E-state index contributed by atoms with van der Waals surface area (Å²) < 4.78 is 20.9. The molecule has 0 heterocycles. The van der Waals surface area contributed by atoms with E-state index in [4.69, 9.17) is 18.9 Å². The van der Waals surface area contributed by atoms with Crippen molar-refractivity contribution in [3.63, 3.8) is 0 Å². The van der Waals surface area contributed by atoms with Crippen LogP contribution in [0, 0.1) is 5.92 Å². The molecule has 0 unspecified atom stereocenters. The molecule has 0 amide bonds. The first-order valence-electron chi connectivity index (χ1n) is 7.08. The number of methoxy groups -OCH3 is 4. The summed E-state index contributed by atoms with van der Waals surface area (Å²) >= 11 is 0. The molecular formula is C17H20O6. The molecule has 0 bridgehead atoms. The van der Waals surface area contributed by atoms with Crippen molar-refractivity contribution in [2.75, 3.05) is 28.4 Å². The highest BCUT2D eigenvalue weighted by Gasteiger charge is 2.44. The van der Waals surface area contributed by atoms with E-state index in [1.54, 1.807) is 19.1 Å². The maximum atomic E-state index is 12.2. The van der Waals surface area contributed by atoms with Crippen LogP contribution in [0.1, 0.15) is 18.4 Å². The number of hydrogen-bond acceptors (Lipinski definition) is 6. The molecule has 1 aliphatic carbocycles. The van der Waals surface area contributed by atoms with Gasteiger partial charge in [-0.2, -0.15) is 0 Å². The van der Waals surface area contributed by atoms with Crippen LogP contribution in [0.5, 0.6) is 17.2 Å². The third kappa shape index (κ3) is 2.88. The summed E-state index contributed by atoms with van der Waals surface area (Å²) in [5, 5.41) is 0. The van der Waals surface area contributed by atoms with E-state index in [0.29, 0.717) is 22.8 Å². The van der Waals surface area contributed by atoms with Crippen LogP contribution in [0.4, 0.5) is 0 Å². The van der Waals surface area contributed by atoms with Crippen LogP contribution in [0.2, 0.25) is 0 Å². The minimum Gasteiger partial charge on any atom is -0.496 e. The molecule has 23 heavy (non-hydrogen) atoms. The van der Waals surface area contributed by atoms with Gasteiger partial charge in [0.1, 0.15) is 23.2 Å². The van der Waals surface area contributed by atoms with Crippen molar-refractivity contribution >= 4 is 11.8 Å². The summed E-state index contributed by atoms with van der Waals surface area (Å²) in [6, 6.07) is 3.39. The Morgan fingerprint density at radius 3 is 2.00 bits per heavy atom. The first-order valence-corrected chi connectivity index (χ1v) is 7.08. The molecule has 0 spiro atoms. The van der Waals surface area contributed by atoms with Gasteiger partial charge < -0.3 is 18.9 Å². The zero-order valence-electron chi connectivity index (χ0n) is 13.8. The van der Waals surface area contributed by atoms with Crippen molar-refractivity contribution in [2.24, 2.45) is 5.92 Å². The van der Waals surface area contributed by atoms with Crippen LogP contribution in [-0.2, 0) is 14.3 Å². The first-order chi connectivity index (χ1) is 11.0. The van der Waals surface area contributed by atoms with Crippen LogP contribution in [0.15, 0.2) is 23.8 Å². The molecule has 0 fully saturated rings. The highest BCUT2D eigenvalue weighted by atomic mass is 16.5. The minimum atomic E-state index is -0.934. The van der Waals surface area contributed by atoms with Crippen molar-refractivity contribution in [1.82, 2.24) is 0 Å². The largest absolute Gasteiger partial charge is 0.496 e. The van der Waals surface area contributed by atoms with Crippen LogP contribution in [0.3, 0.4) is 0 Å². The lowest BCUT2D eigenvalue weighted by atomic mass is 9.83. The van der Waals surface area contributed by atoms with Crippen LogP contribution >= 0.6 is 0 Å². The molecule has 6 nitrogen and oxygen atoms in total. The van der Waals surface area contributed by atoms with Gasteiger partial charge in [-0.1, -0.05) is 5.57 Å². The van der Waals surface area contributed by atoms with Gasteiger partial charge in [0.25, 0.3) is 0 Å². The standard InChI is InChI=1S/C17H20O6/c1-9-6-11(18)15(17(19)23-5)14(9)16-12(21-3)7-10(20-2)8-13(16)22-4/h6-8,14-15H,1-5H3/t14-,15-/m1/s1. The highest BCUT2D eigenvalue weighted by Crippen LogP contribution is 2.48. The third-order valence-corrected chi connectivity index (χ3v) is 4.02. The molecule has 1 aromatic carbocycles. The number of allylic oxidation sites excluding steroid dienone is 2. The Kier molecular flexibility index (Phi) is 4.93. The van der Waals surface area contributed by atoms with Crippen LogP contribution < -0.4 is 14.2 Å². The second kappa shape index (κ2) is 6.73. The third-order valence-electron chi connectivity index (χ3n) is 4.02. The van der Waals surface area contributed by atoms with E-state index >= 15 is 0 Å². The number of hydrogen-bond donors (Lipinski definition) is 0. The predicted octanol–water partition coefficient (Wildman–Crippen LogP) is 2.11. The van der Waals surface area contributed by atoms with Crippen LogP contribution in [0.25, 0.3) is 0 Å². The van der Waals surface area contributed by atoms with Crippen molar-refractivity contribution in [3.05, 3.63) is 29.3 Å². The number of carbonyl (C=O) groups excluding carboxylic acids is 2. The average Bonchev–Trinajstić information content (AvgIpc) is 2.86. The molecule has 2 rings (SSSR count). The first kappa shape index (κ1) is 16.9. The zero-order chi connectivity index (χ0) is 17.1. The van der Waals surface area contributed by atoms with E-state index in [9.17, 15) is 9.59 Å². The molecule has 0 aromatic heterocycles. The topological polar surface area (TPSA) is 71.1 Å². The predicted molar refractivity (Wildman–Crippen MR) is 83.1 cm³/mol. The van der Waals surface area contributed by atoms with E-state index < -0.39 is 17.8 Å². The maximum absolute atomic E-state index is 12.2. The SMILES string of the molecule is COC(=O)[C@@H]1C(=O)C=C(C)[C@H]1c1c(OC)cc(OC)cc1OC. The molecule has 0 saturated carbocycles. The molecule has 0 saturated heterocycles. The van der Waals surface area contributed by atoms with Gasteiger partial charge >= 0.3 is 5.97 Å². The van der Waals surface area contributed by atoms with Gasteiger partial charge in [0, 0.05) is 23.6 Å². The Morgan fingerprint density at radius 2 is 1.57 bits per heavy atom. The highest BCUT2D eigenvalue weighted by molar-refractivity contribution is 6.09. The van der Waals surface area contributed by atoms with E-state index in [1.165, 1.54) is 34.5 Å². The molecule has 0 radical (unpaired) electrons. The lowest BCUT2D eigenvalue weighted by Crippen LogP contribution is -2.27. The summed E-state index contributed by atoms with van der Waals surface area (Å²) in [5.41, 5.74) is 1.39. The van der Waals surface area contributed by atoms with Crippen molar-refractivity contribution < 1.29 is 28.5 Å². The number of esters is 1. The molecular weight excluding hydrogens is 300 g/mol. The number of carbonyl (C=O) groups is 2. The van der Waals surface area contributed by atoms with Crippen LogP contribution in [-0.4, -0.2) is 40.2 Å². The summed E-state index contributed by atoms with van der Waals surface area (Å²) in [5.74, 6) is -0.748. The lowest BCUT2D eigenvalue weighted by Gasteiger charge is -2.24. The lowest BCUT2D eigenvalue weighted by molar-refractivity contribution is -0.148. The number of ketones is 1. The van der Waals surface area contributed by atoms with Gasteiger partial charge in [-0.3, -0.25) is 9.59 Å². The second-order valence-corrected chi connectivity index (χ2v) is 5.21. The maximum Gasteiger partial charge on any atom is 0.317 e. The Hall–Kier alpha value is -2.50. The summed E-state index contributed by atoms with van der Waals surface area (Å²) in [4.78, 5) is 24.3. The van der Waals surface area contributed by atoms with Crippen molar-refractivity contribution in [3.8, 4) is 17.2 Å². The van der Waals surface area contributed by atoms with E-state index in [-0.39, 0.29) is 5.78 Å². The fourth-order valence-corrected chi connectivity index (χ4v) is 2.94. The summed E-state index contributed by atoms with van der Waals surface area (Å²) in [6.45, 7) is 1.80. The average molecular weight is 320 g/mol. The minimum absolute atomic E-state index is 0.278. The van der Waals surface area contributed by atoms with Gasteiger partial charge in [-0.25, -0.2) is 0 Å². The van der Waals surface area contributed by atoms with Gasteiger partial charge in [-0.05, 0) is 13.0 Å². The molecule has 2 atom stereocenters. The molecule has 0 aliphatic heterocycles. The van der Waals surface area contributed by atoms with E-state index in [0.717, 1.165) is 5.57 Å². The Morgan fingerprint density at radius 1 is 1.00 bits per heavy atom. The molecule has 124 valence electrons. The Balaban J connectivity index is 2.65.